The van der Waals surface area contributed by atoms with E-state index in [-0.39, 0.29) is 6.61 Å². The Balaban J connectivity index is 2.82. The van der Waals surface area contributed by atoms with Crippen LogP contribution in [0.1, 0.15) is 25.0 Å². The van der Waals surface area contributed by atoms with E-state index in [4.69, 9.17) is 0 Å². The maximum absolute atomic E-state index is 9.31. The second-order valence-corrected chi connectivity index (χ2v) is 5.38. The van der Waals surface area contributed by atoms with Gasteiger partial charge in [-0.2, -0.15) is 0 Å². The number of rotatable bonds is 4. The largest absolute Gasteiger partial charge is 0.396 e. The first kappa shape index (κ1) is 12.7. The van der Waals surface area contributed by atoms with E-state index in [1.165, 1.54) is 11.1 Å². The van der Waals surface area contributed by atoms with Gasteiger partial charge in [0.2, 0.25) is 0 Å². The molecule has 1 rings (SSSR count). The zero-order chi connectivity index (χ0) is 11.4. The lowest BCUT2D eigenvalue weighted by Gasteiger charge is -2.19. The third kappa shape index (κ3) is 3.62. The molecule has 1 aromatic carbocycles. The summed E-state index contributed by atoms with van der Waals surface area (Å²) in [5.41, 5.74) is 2.63. The minimum absolute atomic E-state index is 0.267. The van der Waals surface area contributed by atoms with Crippen molar-refractivity contribution in [1.29, 1.82) is 0 Å². The maximum atomic E-state index is 9.31. The molecular formula is C13H19BrO. The molecule has 1 aromatic rings. The van der Waals surface area contributed by atoms with Gasteiger partial charge in [0, 0.05) is 11.1 Å². The average Bonchev–Trinajstić information content (AvgIpc) is 2.18. The molecule has 15 heavy (non-hydrogen) atoms. The Bertz CT molecular complexity index is 320. The van der Waals surface area contributed by atoms with Gasteiger partial charge in [-0.3, -0.25) is 0 Å². The van der Waals surface area contributed by atoms with Crippen molar-refractivity contribution in [1.82, 2.24) is 0 Å². The van der Waals surface area contributed by atoms with Crippen molar-refractivity contribution in [3.63, 3.8) is 0 Å². The van der Waals surface area contributed by atoms with Gasteiger partial charge < -0.3 is 5.11 Å². The van der Waals surface area contributed by atoms with Crippen LogP contribution in [0.4, 0.5) is 0 Å². The molecular weight excluding hydrogens is 252 g/mol. The normalized spacial score (nSPS) is 13.2. The predicted molar refractivity (Wildman–Crippen MR) is 68.0 cm³/mol. The third-order valence-corrected chi connectivity index (χ3v) is 3.46. The van der Waals surface area contributed by atoms with Gasteiger partial charge in [-0.05, 0) is 48.4 Å². The highest BCUT2D eigenvalue weighted by atomic mass is 79.9. The van der Waals surface area contributed by atoms with Crippen LogP contribution in [-0.4, -0.2) is 11.7 Å². The van der Waals surface area contributed by atoms with Gasteiger partial charge in [-0.1, -0.05) is 35.8 Å². The van der Waals surface area contributed by atoms with Crippen LogP contribution in [0.2, 0.25) is 0 Å². The summed E-state index contributed by atoms with van der Waals surface area (Å²) in [6.07, 6.45) is 0.958. The summed E-state index contributed by atoms with van der Waals surface area (Å²) in [5.74, 6) is 0.881. The third-order valence-electron chi connectivity index (χ3n) is 2.97. The van der Waals surface area contributed by atoms with Crippen LogP contribution in [0.3, 0.4) is 0 Å². The van der Waals surface area contributed by atoms with Crippen molar-refractivity contribution in [2.75, 3.05) is 6.61 Å². The van der Waals surface area contributed by atoms with Gasteiger partial charge in [0.15, 0.2) is 0 Å². The lowest BCUT2D eigenvalue weighted by atomic mass is 9.88. The van der Waals surface area contributed by atoms with Gasteiger partial charge in [-0.15, -0.1) is 0 Å². The molecule has 0 heterocycles. The summed E-state index contributed by atoms with van der Waals surface area (Å²) >= 11 is 3.48. The van der Waals surface area contributed by atoms with E-state index in [1.807, 2.05) is 0 Å². The molecule has 0 aliphatic heterocycles. The molecule has 0 aliphatic rings. The van der Waals surface area contributed by atoms with Gasteiger partial charge in [0.25, 0.3) is 0 Å². The molecule has 1 unspecified atom stereocenters. The fourth-order valence-corrected chi connectivity index (χ4v) is 2.06. The number of aryl methyl sites for hydroxylation is 1. The van der Waals surface area contributed by atoms with Gasteiger partial charge >= 0.3 is 0 Å². The van der Waals surface area contributed by atoms with Crippen molar-refractivity contribution < 1.29 is 5.11 Å². The summed E-state index contributed by atoms with van der Waals surface area (Å²) in [5, 5.41) is 9.31. The summed E-state index contributed by atoms with van der Waals surface area (Å²) in [4.78, 5) is 0. The Labute approximate surface area is 101 Å². The van der Waals surface area contributed by atoms with Crippen LogP contribution in [0.25, 0.3) is 0 Å². The topological polar surface area (TPSA) is 20.2 Å². The molecule has 2 heteroatoms. The molecule has 0 saturated carbocycles. The number of halogens is 1. The van der Waals surface area contributed by atoms with Crippen molar-refractivity contribution in [2.45, 2.75) is 27.2 Å². The molecule has 1 N–H and O–H groups in total. The molecule has 0 fully saturated rings. The van der Waals surface area contributed by atoms with Crippen LogP contribution >= 0.6 is 15.9 Å². The van der Waals surface area contributed by atoms with Crippen LogP contribution in [0.15, 0.2) is 22.7 Å². The maximum Gasteiger partial charge on any atom is 0.0464 e. The number of aliphatic hydroxyl groups excluding tert-OH is 1. The first-order chi connectivity index (χ1) is 7.04. The average molecular weight is 271 g/mol. The first-order valence-corrected chi connectivity index (χ1v) is 6.19. The lowest BCUT2D eigenvalue weighted by molar-refractivity contribution is 0.189. The Morgan fingerprint density at radius 1 is 1.33 bits per heavy atom. The Morgan fingerprint density at radius 3 is 2.53 bits per heavy atom. The van der Waals surface area contributed by atoms with E-state index in [0.717, 1.165) is 10.9 Å². The monoisotopic (exact) mass is 270 g/mol. The molecule has 0 aromatic heterocycles. The smallest absolute Gasteiger partial charge is 0.0464 e. The van der Waals surface area contributed by atoms with Crippen molar-refractivity contribution in [2.24, 2.45) is 11.8 Å². The molecule has 0 radical (unpaired) electrons. The molecule has 1 atom stereocenters. The number of aliphatic hydroxyl groups is 1. The number of benzene rings is 1. The lowest BCUT2D eigenvalue weighted by Crippen LogP contribution is -2.16. The molecule has 0 spiro atoms. The fourth-order valence-electron chi connectivity index (χ4n) is 1.65. The highest BCUT2D eigenvalue weighted by Gasteiger charge is 2.14. The van der Waals surface area contributed by atoms with Gasteiger partial charge in [0.1, 0.15) is 0 Å². The van der Waals surface area contributed by atoms with E-state index >= 15 is 0 Å². The van der Waals surface area contributed by atoms with E-state index < -0.39 is 0 Å². The SMILES string of the molecule is Cc1ccc(Br)cc1CC(CO)C(C)C. The summed E-state index contributed by atoms with van der Waals surface area (Å²) in [6, 6.07) is 6.33. The first-order valence-electron chi connectivity index (χ1n) is 5.40. The quantitative estimate of drug-likeness (QED) is 0.887. The van der Waals surface area contributed by atoms with E-state index in [2.05, 4.69) is 54.9 Å². The second-order valence-electron chi connectivity index (χ2n) is 4.46. The van der Waals surface area contributed by atoms with Crippen molar-refractivity contribution in [3.05, 3.63) is 33.8 Å². The Kier molecular flexibility index (Phi) is 4.81. The van der Waals surface area contributed by atoms with Crippen LogP contribution in [0.5, 0.6) is 0 Å². The second kappa shape index (κ2) is 5.66. The summed E-state index contributed by atoms with van der Waals surface area (Å²) < 4.78 is 1.11. The standard InChI is InChI=1S/C13H19BrO/c1-9(2)12(8-15)6-11-7-13(14)5-4-10(11)3/h4-5,7,9,12,15H,6,8H2,1-3H3. The molecule has 0 saturated heterocycles. The van der Waals surface area contributed by atoms with E-state index in [1.54, 1.807) is 0 Å². The molecule has 0 aliphatic carbocycles. The highest BCUT2D eigenvalue weighted by molar-refractivity contribution is 9.10. The van der Waals surface area contributed by atoms with Crippen molar-refractivity contribution in [3.8, 4) is 0 Å². The highest BCUT2D eigenvalue weighted by Crippen LogP contribution is 2.22. The van der Waals surface area contributed by atoms with Crippen LogP contribution in [0, 0.1) is 18.8 Å². The number of hydrogen-bond donors (Lipinski definition) is 1. The van der Waals surface area contributed by atoms with Gasteiger partial charge in [0.05, 0.1) is 0 Å². The van der Waals surface area contributed by atoms with Crippen LogP contribution in [-0.2, 0) is 6.42 Å². The van der Waals surface area contributed by atoms with Crippen LogP contribution < -0.4 is 0 Å². The summed E-state index contributed by atoms with van der Waals surface area (Å²) in [7, 11) is 0. The number of hydrogen-bond acceptors (Lipinski definition) is 1. The van der Waals surface area contributed by atoms with E-state index in [9.17, 15) is 5.11 Å². The fraction of sp³-hybridized carbons (Fsp3) is 0.538. The minimum atomic E-state index is 0.267. The molecule has 0 bridgehead atoms. The zero-order valence-corrected chi connectivity index (χ0v) is 11.2. The molecule has 84 valence electrons. The summed E-state index contributed by atoms with van der Waals surface area (Å²) in [6.45, 7) is 6.71. The zero-order valence-electron chi connectivity index (χ0n) is 9.63. The minimum Gasteiger partial charge on any atom is -0.396 e. The van der Waals surface area contributed by atoms with Crippen molar-refractivity contribution >= 4 is 15.9 Å². The Morgan fingerprint density at radius 2 is 2.00 bits per heavy atom. The Hall–Kier alpha value is -0.340. The predicted octanol–water partition coefficient (Wildman–Crippen LogP) is 3.56. The van der Waals surface area contributed by atoms with E-state index in [0.29, 0.717) is 11.8 Å². The molecule has 0 amide bonds. The van der Waals surface area contributed by atoms with Gasteiger partial charge in [-0.25, -0.2) is 0 Å². The molecule has 1 nitrogen and oxygen atoms in total.